The Bertz CT molecular complexity index is 924. The summed E-state index contributed by atoms with van der Waals surface area (Å²) in [7, 11) is 0. The van der Waals surface area contributed by atoms with E-state index < -0.39 is 11.9 Å². The highest BCUT2D eigenvalue weighted by Crippen LogP contribution is 2.14. The Morgan fingerprint density at radius 1 is 1.21 bits per heavy atom. The molecule has 0 saturated carbocycles. The molecular weight excluding hydrogens is 371 g/mol. The SMILES string of the molecule is O=C(O)Cn1cc(CNC(=O)C2=NN(Cc3ccc(F)cc3)C(=O)CC2)nn1. The van der Waals surface area contributed by atoms with Crippen LogP contribution in [0.4, 0.5) is 4.39 Å². The second kappa shape index (κ2) is 8.37. The van der Waals surface area contributed by atoms with Gasteiger partial charge < -0.3 is 10.4 Å². The molecule has 1 aliphatic rings. The van der Waals surface area contributed by atoms with Crippen molar-refractivity contribution in [1.82, 2.24) is 25.3 Å². The van der Waals surface area contributed by atoms with Crippen LogP contribution in [0.1, 0.15) is 24.1 Å². The van der Waals surface area contributed by atoms with Gasteiger partial charge in [0.2, 0.25) is 5.91 Å². The van der Waals surface area contributed by atoms with E-state index in [1.807, 2.05) is 0 Å². The summed E-state index contributed by atoms with van der Waals surface area (Å²) in [5, 5.41) is 24.1. The first kappa shape index (κ1) is 19.1. The number of carbonyl (C=O) groups excluding carboxylic acids is 2. The second-order valence-corrected chi connectivity index (χ2v) is 6.11. The van der Waals surface area contributed by atoms with Gasteiger partial charge in [0, 0.05) is 12.8 Å². The number of carbonyl (C=O) groups is 3. The van der Waals surface area contributed by atoms with Crippen LogP contribution < -0.4 is 5.32 Å². The van der Waals surface area contributed by atoms with Gasteiger partial charge in [0.25, 0.3) is 5.91 Å². The van der Waals surface area contributed by atoms with E-state index in [-0.39, 0.29) is 49.9 Å². The topological polar surface area (TPSA) is 130 Å². The van der Waals surface area contributed by atoms with Crippen molar-refractivity contribution in [2.45, 2.75) is 32.5 Å². The highest BCUT2D eigenvalue weighted by Gasteiger charge is 2.24. The average Bonchev–Trinajstić information content (AvgIpc) is 3.10. The summed E-state index contributed by atoms with van der Waals surface area (Å²) in [4.78, 5) is 35.0. The molecule has 10 nitrogen and oxygen atoms in total. The van der Waals surface area contributed by atoms with Crippen molar-refractivity contribution in [3.63, 3.8) is 0 Å². The molecule has 2 aromatic rings. The Morgan fingerprint density at radius 3 is 2.68 bits per heavy atom. The van der Waals surface area contributed by atoms with E-state index in [0.29, 0.717) is 11.3 Å². The molecule has 1 aliphatic heterocycles. The van der Waals surface area contributed by atoms with Crippen molar-refractivity contribution >= 4 is 23.5 Å². The van der Waals surface area contributed by atoms with Gasteiger partial charge in [-0.05, 0) is 17.7 Å². The van der Waals surface area contributed by atoms with Crippen molar-refractivity contribution in [2.75, 3.05) is 0 Å². The van der Waals surface area contributed by atoms with Crippen molar-refractivity contribution in [3.05, 3.63) is 47.5 Å². The largest absolute Gasteiger partial charge is 0.480 e. The Morgan fingerprint density at radius 2 is 1.96 bits per heavy atom. The number of rotatable bonds is 7. The van der Waals surface area contributed by atoms with Crippen LogP contribution in [0.25, 0.3) is 0 Å². The molecule has 11 heteroatoms. The number of nitrogens with one attached hydrogen (secondary N) is 1. The lowest BCUT2D eigenvalue weighted by atomic mass is 10.1. The summed E-state index contributed by atoms with van der Waals surface area (Å²) in [5.74, 6) is -2.11. The normalized spacial score (nSPS) is 14.0. The summed E-state index contributed by atoms with van der Waals surface area (Å²) >= 11 is 0. The smallest absolute Gasteiger partial charge is 0.325 e. The van der Waals surface area contributed by atoms with E-state index in [1.54, 1.807) is 12.1 Å². The molecule has 28 heavy (non-hydrogen) atoms. The highest BCUT2D eigenvalue weighted by atomic mass is 19.1. The predicted octanol–water partition coefficient (Wildman–Crippen LogP) is 0.297. The van der Waals surface area contributed by atoms with E-state index in [9.17, 15) is 18.8 Å². The van der Waals surface area contributed by atoms with Crippen LogP contribution in [-0.2, 0) is 34.0 Å². The van der Waals surface area contributed by atoms with Crippen LogP contribution in [-0.4, -0.2) is 48.6 Å². The van der Waals surface area contributed by atoms with Gasteiger partial charge in [-0.1, -0.05) is 17.3 Å². The minimum absolute atomic E-state index is 0.0450. The molecule has 3 rings (SSSR count). The van der Waals surface area contributed by atoms with Gasteiger partial charge in [0.15, 0.2) is 0 Å². The van der Waals surface area contributed by atoms with Crippen LogP contribution in [0.3, 0.4) is 0 Å². The van der Waals surface area contributed by atoms with Crippen molar-refractivity contribution in [1.29, 1.82) is 0 Å². The van der Waals surface area contributed by atoms with Crippen LogP contribution in [0.5, 0.6) is 0 Å². The van der Waals surface area contributed by atoms with E-state index in [0.717, 1.165) is 4.68 Å². The third-order valence-corrected chi connectivity index (χ3v) is 3.93. The Kier molecular flexibility index (Phi) is 5.72. The van der Waals surface area contributed by atoms with Crippen LogP contribution in [0.2, 0.25) is 0 Å². The van der Waals surface area contributed by atoms with Gasteiger partial charge in [-0.3, -0.25) is 14.4 Å². The lowest BCUT2D eigenvalue weighted by Gasteiger charge is -2.23. The number of nitrogens with zero attached hydrogens (tertiary/aromatic N) is 5. The number of aliphatic carboxylic acids is 1. The minimum Gasteiger partial charge on any atom is -0.480 e. The Labute approximate surface area is 158 Å². The third-order valence-electron chi connectivity index (χ3n) is 3.93. The number of aromatic nitrogens is 3. The van der Waals surface area contributed by atoms with Gasteiger partial charge in [0.05, 0.1) is 19.3 Å². The minimum atomic E-state index is -1.05. The summed E-state index contributed by atoms with van der Waals surface area (Å²) in [6.45, 7) is -0.142. The highest BCUT2D eigenvalue weighted by molar-refractivity contribution is 6.39. The molecule has 0 spiro atoms. The molecule has 0 aliphatic carbocycles. The molecule has 0 atom stereocenters. The fourth-order valence-corrected chi connectivity index (χ4v) is 2.56. The van der Waals surface area contributed by atoms with Crippen LogP contribution in [0, 0.1) is 5.82 Å². The summed E-state index contributed by atoms with van der Waals surface area (Å²) in [6.07, 6.45) is 1.76. The standard InChI is InChI=1S/C17H17FN6O4/c18-12-3-1-11(2-4-12)8-24-15(25)6-5-14(21-24)17(28)19-7-13-9-23(22-20-13)10-16(26)27/h1-4,9H,5-8,10H2,(H,19,28)(H,26,27). The zero-order valence-corrected chi connectivity index (χ0v) is 14.7. The summed E-state index contributed by atoms with van der Waals surface area (Å²) < 4.78 is 14.1. The van der Waals surface area contributed by atoms with Gasteiger partial charge >= 0.3 is 5.97 Å². The fourth-order valence-electron chi connectivity index (χ4n) is 2.56. The maximum absolute atomic E-state index is 13.0. The van der Waals surface area contributed by atoms with Gasteiger partial charge in [-0.25, -0.2) is 14.1 Å². The molecule has 0 bridgehead atoms. The molecule has 146 valence electrons. The fraction of sp³-hybridized carbons (Fsp3) is 0.294. The zero-order valence-electron chi connectivity index (χ0n) is 14.7. The predicted molar refractivity (Wildman–Crippen MR) is 93.1 cm³/mol. The summed E-state index contributed by atoms with van der Waals surface area (Å²) in [5.41, 5.74) is 1.28. The number of hydrogen-bond acceptors (Lipinski definition) is 6. The van der Waals surface area contributed by atoms with Gasteiger partial charge in [-0.2, -0.15) is 5.10 Å². The van der Waals surface area contributed by atoms with Crippen molar-refractivity contribution < 1.29 is 23.9 Å². The van der Waals surface area contributed by atoms with E-state index >= 15 is 0 Å². The monoisotopic (exact) mass is 388 g/mol. The van der Waals surface area contributed by atoms with Crippen LogP contribution >= 0.6 is 0 Å². The second-order valence-electron chi connectivity index (χ2n) is 6.11. The van der Waals surface area contributed by atoms with E-state index in [4.69, 9.17) is 5.11 Å². The molecule has 1 aromatic carbocycles. The first-order valence-corrected chi connectivity index (χ1v) is 8.42. The number of hydrazone groups is 1. The number of halogens is 1. The molecule has 2 amide bonds. The third kappa shape index (κ3) is 4.96. The molecule has 1 aromatic heterocycles. The number of benzene rings is 1. The summed E-state index contributed by atoms with van der Waals surface area (Å²) in [6, 6.07) is 5.68. The molecular formula is C17H17FN6O4. The van der Waals surface area contributed by atoms with Crippen molar-refractivity contribution in [2.24, 2.45) is 5.10 Å². The molecule has 0 fully saturated rings. The quantitative estimate of drug-likeness (QED) is 0.702. The first-order valence-electron chi connectivity index (χ1n) is 8.42. The molecule has 2 N–H and O–H groups in total. The Hall–Kier alpha value is -3.63. The maximum Gasteiger partial charge on any atom is 0.325 e. The maximum atomic E-state index is 13.0. The lowest BCUT2D eigenvalue weighted by Crippen LogP contribution is -2.38. The van der Waals surface area contributed by atoms with Crippen molar-refractivity contribution in [3.8, 4) is 0 Å². The average molecular weight is 388 g/mol. The van der Waals surface area contributed by atoms with Gasteiger partial charge in [0.1, 0.15) is 23.8 Å². The zero-order chi connectivity index (χ0) is 20.1. The van der Waals surface area contributed by atoms with E-state index in [1.165, 1.54) is 23.3 Å². The molecule has 0 unspecified atom stereocenters. The van der Waals surface area contributed by atoms with Gasteiger partial charge in [-0.15, -0.1) is 5.10 Å². The molecule has 0 saturated heterocycles. The number of carboxylic acid groups (broad SMARTS) is 1. The molecule has 2 heterocycles. The lowest BCUT2D eigenvalue weighted by molar-refractivity contribution is -0.138. The van der Waals surface area contributed by atoms with Crippen LogP contribution in [0.15, 0.2) is 35.6 Å². The van der Waals surface area contributed by atoms with E-state index in [2.05, 4.69) is 20.7 Å². The number of carboxylic acids is 1. The molecule has 0 radical (unpaired) electrons. The number of amides is 2. The number of hydrogen-bond donors (Lipinski definition) is 2. The first-order chi connectivity index (χ1) is 13.4. The Balaban J connectivity index is 1.60.